The molecule has 2 aromatic carbocycles. The number of amides is 1. The smallest absolute Gasteiger partial charge is 0.260 e. The number of nitrogens with one attached hydrogen (secondary N) is 1. The number of methoxy groups -OCH3 is 1. The third-order valence-electron chi connectivity index (χ3n) is 3.80. The number of phenolic OH excluding ortho intramolecular Hbond substituents is 1. The van der Waals surface area contributed by atoms with E-state index in [9.17, 15) is 18.3 Å². The van der Waals surface area contributed by atoms with Gasteiger partial charge in [0.05, 0.1) is 36.3 Å². The molecule has 0 bridgehead atoms. The number of carbonyl (C=O) groups excluding carboxylic acids is 1. The first-order chi connectivity index (χ1) is 14.2. The predicted molar refractivity (Wildman–Crippen MR) is 118 cm³/mol. The van der Waals surface area contributed by atoms with Gasteiger partial charge in [0.15, 0.2) is 11.5 Å². The molecule has 0 unspecified atom stereocenters. The second-order valence-corrected chi connectivity index (χ2v) is 8.80. The Balaban J connectivity index is 2.10. The minimum Gasteiger partial charge on any atom is -0.503 e. The number of anilines is 1. The fourth-order valence-corrected chi connectivity index (χ4v) is 3.76. The van der Waals surface area contributed by atoms with Crippen LogP contribution in [-0.4, -0.2) is 52.2 Å². The number of ether oxygens (including phenoxy) is 2. The number of benzene rings is 2. The molecule has 0 radical (unpaired) electrons. The summed E-state index contributed by atoms with van der Waals surface area (Å²) >= 11 is 3.19. The van der Waals surface area contributed by atoms with Crippen LogP contribution in [0, 0.1) is 0 Å². The largest absolute Gasteiger partial charge is 0.503 e. The molecule has 0 spiro atoms. The molecule has 0 atom stereocenters. The molecule has 0 aliphatic rings. The number of nitrogens with zero attached hydrogens (tertiary/aromatic N) is 2. The normalized spacial score (nSPS) is 11.3. The van der Waals surface area contributed by atoms with E-state index in [-0.39, 0.29) is 11.5 Å². The van der Waals surface area contributed by atoms with Crippen molar-refractivity contribution >= 4 is 43.8 Å². The standard InChI is InChI=1S/C19H22BrN3O6S/c1-4-29-15-7-5-14(6-8-15)23(30(3,26)27)12-18(24)22-21-11-13-9-16(20)19(25)17(10-13)28-2/h5-11,25H,4,12H2,1-3H3,(H,22,24)/b21-11-. The molecule has 2 aromatic rings. The maximum absolute atomic E-state index is 12.2. The Labute approximate surface area is 183 Å². The number of phenols is 1. The van der Waals surface area contributed by atoms with Crippen LogP contribution in [0.3, 0.4) is 0 Å². The Bertz CT molecular complexity index is 1030. The first-order valence-electron chi connectivity index (χ1n) is 8.74. The van der Waals surface area contributed by atoms with Crippen molar-refractivity contribution in [3.8, 4) is 17.2 Å². The molecule has 0 heterocycles. The fraction of sp³-hybridized carbons (Fsp3) is 0.263. The zero-order valence-electron chi connectivity index (χ0n) is 16.6. The summed E-state index contributed by atoms with van der Waals surface area (Å²) in [5.74, 6) is 0.142. The summed E-state index contributed by atoms with van der Waals surface area (Å²) in [6, 6.07) is 9.48. The summed E-state index contributed by atoms with van der Waals surface area (Å²) < 4.78 is 36.0. The summed E-state index contributed by atoms with van der Waals surface area (Å²) in [6.07, 6.45) is 2.35. The molecule has 11 heteroatoms. The Morgan fingerprint density at radius 1 is 1.30 bits per heavy atom. The van der Waals surface area contributed by atoms with Crippen LogP contribution < -0.4 is 19.2 Å². The van der Waals surface area contributed by atoms with Crippen molar-refractivity contribution in [2.75, 3.05) is 30.8 Å². The number of sulfonamides is 1. The number of aromatic hydroxyl groups is 1. The summed E-state index contributed by atoms with van der Waals surface area (Å²) in [6.45, 7) is 1.88. The topological polar surface area (TPSA) is 118 Å². The van der Waals surface area contributed by atoms with Gasteiger partial charge in [-0.05, 0) is 64.8 Å². The fourth-order valence-electron chi connectivity index (χ4n) is 2.44. The van der Waals surface area contributed by atoms with Crippen molar-refractivity contribution in [1.29, 1.82) is 0 Å². The van der Waals surface area contributed by atoms with Gasteiger partial charge in [-0.3, -0.25) is 9.10 Å². The van der Waals surface area contributed by atoms with E-state index in [1.165, 1.54) is 19.4 Å². The van der Waals surface area contributed by atoms with Crippen LogP contribution in [0.5, 0.6) is 17.2 Å². The molecular weight excluding hydrogens is 478 g/mol. The van der Waals surface area contributed by atoms with Crippen molar-refractivity contribution in [3.63, 3.8) is 0 Å². The van der Waals surface area contributed by atoms with Gasteiger partial charge in [0, 0.05) is 0 Å². The zero-order chi connectivity index (χ0) is 22.3. The van der Waals surface area contributed by atoms with Crippen molar-refractivity contribution < 1.29 is 27.8 Å². The molecule has 0 aromatic heterocycles. The van der Waals surface area contributed by atoms with Gasteiger partial charge in [-0.1, -0.05) is 0 Å². The lowest BCUT2D eigenvalue weighted by molar-refractivity contribution is -0.119. The lowest BCUT2D eigenvalue weighted by atomic mass is 10.2. The molecule has 0 aliphatic heterocycles. The van der Waals surface area contributed by atoms with Gasteiger partial charge in [0.25, 0.3) is 5.91 Å². The summed E-state index contributed by atoms with van der Waals surface area (Å²) in [5, 5.41) is 13.6. The molecule has 162 valence electrons. The van der Waals surface area contributed by atoms with E-state index in [1.54, 1.807) is 30.3 Å². The maximum Gasteiger partial charge on any atom is 0.260 e. The van der Waals surface area contributed by atoms with E-state index in [4.69, 9.17) is 9.47 Å². The molecule has 0 saturated carbocycles. The molecule has 2 rings (SSSR count). The first kappa shape index (κ1) is 23.5. The highest BCUT2D eigenvalue weighted by molar-refractivity contribution is 9.10. The van der Waals surface area contributed by atoms with Crippen LogP contribution in [0.15, 0.2) is 46.0 Å². The van der Waals surface area contributed by atoms with Gasteiger partial charge in [0.1, 0.15) is 12.3 Å². The van der Waals surface area contributed by atoms with Crippen LogP contribution in [0.2, 0.25) is 0 Å². The molecule has 0 saturated heterocycles. The molecule has 0 aliphatic carbocycles. The minimum atomic E-state index is -3.71. The van der Waals surface area contributed by atoms with E-state index in [1.807, 2.05) is 6.92 Å². The van der Waals surface area contributed by atoms with Gasteiger partial charge in [-0.25, -0.2) is 13.8 Å². The molecule has 30 heavy (non-hydrogen) atoms. The van der Waals surface area contributed by atoms with Crippen LogP contribution in [0.25, 0.3) is 0 Å². The second-order valence-electron chi connectivity index (χ2n) is 6.04. The summed E-state index contributed by atoms with van der Waals surface area (Å²) in [4.78, 5) is 12.2. The van der Waals surface area contributed by atoms with Crippen LogP contribution in [-0.2, 0) is 14.8 Å². The third kappa shape index (κ3) is 6.36. The van der Waals surface area contributed by atoms with E-state index in [0.717, 1.165) is 10.6 Å². The molecule has 1 amide bonds. The number of halogens is 1. The second kappa shape index (κ2) is 10.3. The van der Waals surface area contributed by atoms with Gasteiger partial charge >= 0.3 is 0 Å². The van der Waals surface area contributed by atoms with Crippen molar-refractivity contribution in [2.45, 2.75) is 6.92 Å². The molecule has 0 fully saturated rings. The van der Waals surface area contributed by atoms with Crippen molar-refractivity contribution in [1.82, 2.24) is 5.43 Å². The number of hydrogen-bond acceptors (Lipinski definition) is 7. The van der Waals surface area contributed by atoms with Gasteiger partial charge in [-0.2, -0.15) is 5.10 Å². The Kier molecular flexibility index (Phi) is 8.07. The Morgan fingerprint density at radius 3 is 2.53 bits per heavy atom. The molecular formula is C19H22BrN3O6S. The predicted octanol–water partition coefficient (Wildman–Crippen LogP) is 2.48. The first-order valence-corrected chi connectivity index (χ1v) is 11.4. The molecule has 2 N–H and O–H groups in total. The lowest BCUT2D eigenvalue weighted by Crippen LogP contribution is -2.39. The highest BCUT2D eigenvalue weighted by Gasteiger charge is 2.20. The van der Waals surface area contributed by atoms with Gasteiger partial charge in [-0.15, -0.1) is 0 Å². The Hall–Kier alpha value is -2.79. The monoisotopic (exact) mass is 499 g/mol. The zero-order valence-corrected chi connectivity index (χ0v) is 19.0. The van der Waals surface area contributed by atoms with Gasteiger partial charge in [0.2, 0.25) is 10.0 Å². The summed E-state index contributed by atoms with van der Waals surface area (Å²) in [7, 11) is -2.30. The average molecular weight is 500 g/mol. The number of rotatable bonds is 9. The van der Waals surface area contributed by atoms with Crippen LogP contribution >= 0.6 is 15.9 Å². The number of carbonyl (C=O) groups is 1. The van der Waals surface area contributed by atoms with Crippen LogP contribution in [0.1, 0.15) is 12.5 Å². The minimum absolute atomic E-state index is 0.0576. The maximum atomic E-state index is 12.2. The number of hydrazone groups is 1. The lowest BCUT2D eigenvalue weighted by Gasteiger charge is -2.21. The average Bonchev–Trinajstić information content (AvgIpc) is 2.69. The number of hydrogen-bond donors (Lipinski definition) is 2. The highest BCUT2D eigenvalue weighted by Crippen LogP contribution is 2.34. The highest BCUT2D eigenvalue weighted by atomic mass is 79.9. The van der Waals surface area contributed by atoms with Crippen molar-refractivity contribution in [2.24, 2.45) is 5.10 Å². The van der Waals surface area contributed by atoms with E-state index >= 15 is 0 Å². The van der Waals surface area contributed by atoms with E-state index in [2.05, 4.69) is 26.5 Å². The quantitative estimate of drug-likeness (QED) is 0.404. The van der Waals surface area contributed by atoms with E-state index in [0.29, 0.717) is 28.1 Å². The third-order valence-corrected chi connectivity index (χ3v) is 5.54. The van der Waals surface area contributed by atoms with Gasteiger partial charge < -0.3 is 14.6 Å². The van der Waals surface area contributed by atoms with Crippen molar-refractivity contribution in [3.05, 3.63) is 46.4 Å². The SMILES string of the molecule is CCOc1ccc(N(CC(=O)N/N=C\c2cc(Br)c(O)c(OC)c2)S(C)(=O)=O)cc1. The molecule has 9 nitrogen and oxygen atoms in total. The summed E-state index contributed by atoms with van der Waals surface area (Å²) in [5.41, 5.74) is 3.16. The van der Waals surface area contributed by atoms with Crippen LogP contribution in [0.4, 0.5) is 5.69 Å². The Morgan fingerprint density at radius 2 is 1.97 bits per heavy atom. The van der Waals surface area contributed by atoms with E-state index < -0.39 is 22.5 Å².